The minimum Gasteiger partial charge on any atom is -0.468 e. The molecule has 0 saturated heterocycles. The lowest BCUT2D eigenvalue weighted by Crippen LogP contribution is -2.61. The third-order valence-corrected chi connectivity index (χ3v) is 17.8. The minimum absolute atomic E-state index is 0.0484. The average Bonchev–Trinajstić information content (AvgIpc) is 3.60. The molecule has 0 atom stereocenters. The van der Waals surface area contributed by atoms with E-state index in [1.807, 2.05) is 0 Å². The van der Waals surface area contributed by atoms with Gasteiger partial charge < -0.3 is 14.2 Å². The number of furan rings is 1. The Labute approximate surface area is 391 Å². The molecule has 0 bridgehead atoms. The second-order valence-corrected chi connectivity index (χ2v) is 26.3. The van der Waals surface area contributed by atoms with Crippen LogP contribution in [0.2, 0.25) is 0 Å². The van der Waals surface area contributed by atoms with E-state index in [1.54, 1.807) is 0 Å². The fourth-order valence-corrected chi connectivity index (χ4v) is 13.1. The molecule has 0 radical (unpaired) electrons. The van der Waals surface area contributed by atoms with Crippen molar-refractivity contribution in [3.8, 4) is 0 Å². The van der Waals surface area contributed by atoms with Crippen LogP contribution >= 0.6 is 0 Å². The molecule has 3 aliphatic carbocycles. The van der Waals surface area contributed by atoms with Gasteiger partial charge in [0.2, 0.25) is 0 Å². The van der Waals surface area contributed by atoms with Gasteiger partial charge in [-0.2, -0.15) is 0 Å². The Morgan fingerprint density at radius 1 is 0.477 bits per heavy atom. The number of fused-ring (bicyclic) bond motifs is 9. The van der Waals surface area contributed by atoms with Gasteiger partial charge in [0.1, 0.15) is 5.58 Å². The van der Waals surface area contributed by atoms with E-state index in [0.29, 0.717) is 0 Å². The van der Waals surface area contributed by atoms with Crippen molar-refractivity contribution in [3.63, 3.8) is 0 Å². The van der Waals surface area contributed by atoms with Gasteiger partial charge in [-0.05, 0) is 193 Å². The molecular formula is C61H73BN2O. The quantitative estimate of drug-likeness (QED) is 0.161. The van der Waals surface area contributed by atoms with Gasteiger partial charge in [0.05, 0.1) is 11.3 Å². The number of nitrogens with zero attached hydrogens (tertiary/aromatic N) is 2. The minimum atomic E-state index is -0.0865. The van der Waals surface area contributed by atoms with Gasteiger partial charge >= 0.3 is 0 Å². The lowest BCUT2D eigenvalue weighted by Gasteiger charge is -2.47. The summed E-state index contributed by atoms with van der Waals surface area (Å²) in [6.07, 6.45) is 7.04. The first-order valence-corrected chi connectivity index (χ1v) is 25.0. The predicted octanol–water partition coefficient (Wildman–Crippen LogP) is 15.2. The molecule has 2 aliphatic heterocycles. The Morgan fingerprint density at radius 2 is 0.938 bits per heavy atom. The maximum absolute atomic E-state index is 7.66. The van der Waals surface area contributed by atoms with Crippen LogP contribution in [0.4, 0.5) is 34.1 Å². The van der Waals surface area contributed by atoms with Crippen LogP contribution in [0.15, 0.2) is 83.3 Å². The average molecular weight is 861 g/mol. The number of anilines is 6. The molecule has 5 aromatic carbocycles. The number of aryl methyl sites for hydroxylation is 1. The van der Waals surface area contributed by atoms with Crippen LogP contribution in [-0.4, -0.2) is 6.71 Å². The van der Waals surface area contributed by atoms with Crippen molar-refractivity contribution in [1.82, 2.24) is 0 Å². The normalized spacial score (nSPS) is 21.2. The van der Waals surface area contributed by atoms with E-state index in [1.165, 1.54) is 133 Å². The van der Waals surface area contributed by atoms with Gasteiger partial charge in [-0.15, -0.1) is 0 Å². The molecule has 0 saturated carbocycles. The van der Waals surface area contributed by atoms with Gasteiger partial charge in [0, 0.05) is 33.8 Å². The standard InChI is InChI=1S/C61H73BN2O/c1-36-29-49-52-50(30-36)64(39-21-22-41-42(31-39)57(7,8)24-23-56(41,5)6)53-40-32-43-46(61(15,16)28-25-58(43,9)10)35-51(40)65-54(53)62(52)47-33-44-45(60(13,14)27-26-59(44,11)12)34-48(47)63(49)38-19-17-37(18-20-38)55(2,3)4/h17-22,29-35H,23-28H2,1-16H3. The van der Waals surface area contributed by atoms with Crippen LogP contribution < -0.4 is 26.4 Å². The highest BCUT2D eigenvalue weighted by Crippen LogP contribution is 2.55. The highest BCUT2D eigenvalue weighted by molar-refractivity contribution is 7.00. The summed E-state index contributed by atoms with van der Waals surface area (Å²) < 4.78 is 7.66. The molecule has 3 heterocycles. The zero-order valence-corrected chi connectivity index (χ0v) is 42.6. The summed E-state index contributed by atoms with van der Waals surface area (Å²) in [5, 5.41) is 1.23. The largest absolute Gasteiger partial charge is 0.468 e. The highest BCUT2D eigenvalue weighted by atomic mass is 16.3. The lowest BCUT2D eigenvalue weighted by molar-refractivity contribution is 0.332. The zero-order chi connectivity index (χ0) is 46.3. The molecule has 65 heavy (non-hydrogen) atoms. The molecule has 1 aromatic heterocycles. The Hall–Kier alpha value is -4.70. The Morgan fingerprint density at radius 3 is 1.49 bits per heavy atom. The summed E-state index contributed by atoms with van der Waals surface area (Å²) in [5.74, 6) is 0. The van der Waals surface area contributed by atoms with Crippen molar-refractivity contribution in [2.24, 2.45) is 0 Å². The molecule has 3 nitrogen and oxygen atoms in total. The topological polar surface area (TPSA) is 19.6 Å². The van der Waals surface area contributed by atoms with E-state index in [-0.39, 0.29) is 44.6 Å². The first-order valence-electron chi connectivity index (χ1n) is 25.0. The monoisotopic (exact) mass is 861 g/mol. The molecule has 0 spiro atoms. The third-order valence-electron chi connectivity index (χ3n) is 17.8. The van der Waals surface area contributed by atoms with Gasteiger partial charge in [-0.25, -0.2) is 0 Å². The third kappa shape index (κ3) is 6.19. The Bertz CT molecular complexity index is 3000. The zero-order valence-electron chi connectivity index (χ0n) is 42.6. The van der Waals surface area contributed by atoms with Gasteiger partial charge in [-0.1, -0.05) is 128 Å². The van der Waals surface area contributed by atoms with Crippen LogP contribution in [0.3, 0.4) is 0 Å². The maximum atomic E-state index is 7.66. The van der Waals surface area contributed by atoms with Crippen molar-refractivity contribution < 1.29 is 4.42 Å². The molecule has 11 rings (SSSR count). The Balaban J connectivity index is 1.27. The molecule has 0 amide bonds. The highest BCUT2D eigenvalue weighted by Gasteiger charge is 2.50. The fraction of sp³-hybridized carbons (Fsp3) is 0.475. The van der Waals surface area contributed by atoms with E-state index < -0.39 is 0 Å². The first-order chi connectivity index (χ1) is 30.2. The smallest absolute Gasteiger partial charge is 0.297 e. The van der Waals surface area contributed by atoms with Gasteiger partial charge in [0.15, 0.2) is 0 Å². The number of benzene rings is 5. The van der Waals surface area contributed by atoms with E-state index in [0.717, 1.165) is 11.2 Å². The molecule has 336 valence electrons. The van der Waals surface area contributed by atoms with Crippen LogP contribution in [0.5, 0.6) is 0 Å². The van der Waals surface area contributed by atoms with E-state index in [4.69, 9.17) is 4.42 Å². The van der Waals surface area contributed by atoms with Crippen LogP contribution in [-0.2, 0) is 37.9 Å². The molecule has 5 aliphatic rings. The van der Waals surface area contributed by atoms with Crippen LogP contribution in [0.1, 0.15) is 187 Å². The number of hydrogen-bond donors (Lipinski definition) is 0. The van der Waals surface area contributed by atoms with Gasteiger partial charge in [0.25, 0.3) is 6.71 Å². The summed E-state index contributed by atoms with van der Waals surface area (Å²) in [6, 6.07) is 32.2. The van der Waals surface area contributed by atoms with E-state index in [9.17, 15) is 0 Å². The van der Waals surface area contributed by atoms with E-state index in [2.05, 4.69) is 199 Å². The summed E-state index contributed by atoms with van der Waals surface area (Å²) in [6.45, 7) is 38.7. The number of rotatable bonds is 2. The fourth-order valence-electron chi connectivity index (χ4n) is 13.1. The Kier molecular flexibility index (Phi) is 8.75. The van der Waals surface area contributed by atoms with Crippen molar-refractivity contribution in [1.29, 1.82) is 0 Å². The first kappa shape index (κ1) is 42.9. The number of hydrogen-bond acceptors (Lipinski definition) is 3. The van der Waals surface area contributed by atoms with Crippen molar-refractivity contribution in [2.75, 3.05) is 9.80 Å². The molecule has 6 aromatic rings. The summed E-state index contributed by atoms with van der Waals surface area (Å²) in [4.78, 5) is 5.27. The predicted molar refractivity (Wildman–Crippen MR) is 280 cm³/mol. The van der Waals surface area contributed by atoms with Crippen molar-refractivity contribution in [2.45, 2.75) is 187 Å². The molecule has 0 unspecified atom stereocenters. The van der Waals surface area contributed by atoms with E-state index >= 15 is 0 Å². The van der Waals surface area contributed by atoms with Crippen LogP contribution in [0, 0.1) is 6.92 Å². The summed E-state index contributed by atoms with van der Waals surface area (Å²) >= 11 is 0. The SMILES string of the molecule is Cc1cc2c3c(c1)N(c1ccc4c(c1)C(C)(C)CCC4(C)C)c1c(oc4cc5c(cc14)C(C)(C)CCC5(C)C)B3c1cc3c(cc1N2c1ccc(C(C)(C)C)cc1)C(C)(C)CCC3(C)C. The van der Waals surface area contributed by atoms with Crippen LogP contribution in [0.25, 0.3) is 11.0 Å². The lowest BCUT2D eigenvalue weighted by atomic mass is 9.35. The molecular weight excluding hydrogens is 787 g/mol. The molecule has 0 N–H and O–H groups in total. The molecule has 4 heteroatoms. The maximum Gasteiger partial charge on any atom is 0.297 e. The second kappa shape index (κ2) is 13.3. The van der Waals surface area contributed by atoms with Gasteiger partial charge in [-0.3, -0.25) is 0 Å². The van der Waals surface area contributed by atoms with Crippen molar-refractivity contribution >= 4 is 68.4 Å². The summed E-state index contributed by atoms with van der Waals surface area (Å²) in [5.41, 5.74) is 24.2. The second-order valence-electron chi connectivity index (χ2n) is 26.3. The van der Waals surface area contributed by atoms with Crippen molar-refractivity contribution in [3.05, 3.63) is 123 Å². The molecule has 0 fully saturated rings. The summed E-state index contributed by atoms with van der Waals surface area (Å²) in [7, 11) is 0.